The summed E-state index contributed by atoms with van der Waals surface area (Å²) < 4.78 is 5.24. The minimum atomic E-state index is -0.124. The summed E-state index contributed by atoms with van der Waals surface area (Å²) >= 11 is 1.76. The summed E-state index contributed by atoms with van der Waals surface area (Å²) in [5.74, 6) is -0.120. The monoisotopic (exact) mass is 532 g/mol. The molecule has 5 nitrogen and oxygen atoms in total. The predicted octanol–water partition coefficient (Wildman–Crippen LogP) is 6.52. The van der Waals surface area contributed by atoms with Gasteiger partial charge in [0.1, 0.15) is 6.54 Å². The molecule has 1 atom stereocenters. The predicted molar refractivity (Wildman–Crippen MR) is 155 cm³/mol. The van der Waals surface area contributed by atoms with E-state index in [-0.39, 0.29) is 24.4 Å². The van der Waals surface area contributed by atoms with Gasteiger partial charge in [-0.05, 0) is 66.0 Å². The largest absolute Gasteiger partial charge is 0.385 e. The highest BCUT2D eigenvalue weighted by atomic mass is 32.1. The van der Waals surface area contributed by atoms with E-state index in [2.05, 4.69) is 42.6 Å². The quantitative estimate of drug-likeness (QED) is 0.235. The highest BCUT2D eigenvalue weighted by Gasteiger charge is 2.34. The zero-order valence-corrected chi connectivity index (χ0v) is 23.6. The lowest BCUT2D eigenvalue weighted by atomic mass is 9.93. The summed E-state index contributed by atoms with van der Waals surface area (Å²) in [6, 6.07) is 20.2. The van der Waals surface area contributed by atoms with Crippen LogP contribution < -0.4 is 0 Å². The van der Waals surface area contributed by atoms with E-state index in [1.165, 1.54) is 41.7 Å². The number of hydrogen-bond acceptors (Lipinski definition) is 4. The minimum Gasteiger partial charge on any atom is -0.385 e. The number of unbranched alkanes of at least 4 members (excludes halogenated alkanes) is 3. The fraction of sp³-hybridized carbons (Fsp3) is 0.438. The molecule has 38 heavy (non-hydrogen) atoms. The summed E-state index contributed by atoms with van der Waals surface area (Å²) in [6.07, 6.45) is 7.45. The second-order valence-electron chi connectivity index (χ2n) is 10.0. The molecule has 2 amide bonds. The average molecular weight is 533 g/mol. The van der Waals surface area contributed by atoms with Gasteiger partial charge < -0.3 is 14.5 Å². The second-order valence-corrected chi connectivity index (χ2v) is 11.0. The molecule has 6 heteroatoms. The molecule has 0 spiro atoms. The molecule has 0 bridgehead atoms. The number of ether oxygens (including phenoxy) is 1. The third kappa shape index (κ3) is 7.12. The van der Waals surface area contributed by atoms with Crippen molar-refractivity contribution in [1.82, 2.24) is 9.80 Å². The van der Waals surface area contributed by atoms with E-state index < -0.39 is 0 Å². The van der Waals surface area contributed by atoms with Gasteiger partial charge in [-0.15, -0.1) is 11.3 Å². The van der Waals surface area contributed by atoms with E-state index in [0.29, 0.717) is 31.7 Å². The Bertz CT molecular complexity index is 1160. The maximum absolute atomic E-state index is 13.8. The molecule has 4 rings (SSSR count). The summed E-state index contributed by atoms with van der Waals surface area (Å²) in [4.78, 5) is 32.4. The summed E-state index contributed by atoms with van der Waals surface area (Å²) in [5, 5.41) is 2.11. The van der Waals surface area contributed by atoms with Gasteiger partial charge in [-0.2, -0.15) is 0 Å². The van der Waals surface area contributed by atoms with Gasteiger partial charge in [0, 0.05) is 37.2 Å². The number of carbonyl (C=O) groups is 2. The Morgan fingerprint density at radius 2 is 1.79 bits per heavy atom. The van der Waals surface area contributed by atoms with Crippen LogP contribution in [0.1, 0.15) is 77.0 Å². The maximum Gasteiger partial charge on any atom is 0.254 e. The Kier molecular flexibility index (Phi) is 10.5. The van der Waals surface area contributed by atoms with Crippen molar-refractivity contribution < 1.29 is 14.3 Å². The number of aryl methyl sites for hydroxylation is 1. The molecule has 3 aromatic rings. The van der Waals surface area contributed by atoms with E-state index >= 15 is 0 Å². The van der Waals surface area contributed by atoms with Gasteiger partial charge >= 0.3 is 0 Å². The Morgan fingerprint density at radius 1 is 1.00 bits per heavy atom. The molecular formula is C32H40N2O3S. The Hall–Kier alpha value is -2.96. The zero-order valence-electron chi connectivity index (χ0n) is 22.7. The molecule has 1 aromatic heterocycles. The first-order valence-electron chi connectivity index (χ1n) is 13.9. The summed E-state index contributed by atoms with van der Waals surface area (Å²) in [6.45, 7) is 3.95. The lowest BCUT2D eigenvalue weighted by Gasteiger charge is -2.37. The number of methoxy groups -OCH3 is 1. The first-order valence-corrected chi connectivity index (χ1v) is 14.8. The van der Waals surface area contributed by atoms with Crippen LogP contribution in [0.25, 0.3) is 0 Å². The molecule has 2 aromatic carbocycles. The molecule has 0 N–H and O–H groups in total. The first kappa shape index (κ1) is 28.1. The number of hydrogen-bond donors (Lipinski definition) is 0. The van der Waals surface area contributed by atoms with E-state index in [9.17, 15) is 9.59 Å². The molecule has 0 saturated carbocycles. The molecule has 1 aliphatic heterocycles. The molecule has 202 valence electrons. The van der Waals surface area contributed by atoms with E-state index in [1.807, 2.05) is 35.2 Å². The zero-order chi connectivity index (χ0) is 26.7. The van der Waals surface area contributed by atoms with Crippen LogP contribution in [0.3, 0.4) is 0 Å². The van der Waals surface area contributed by atoms with Gasteiger partial charge in [0.15, 0.2) is 0 Å². The first-order chi connectivity index (χ1) is 18.6. The molecule has 1 aliphatic rings. The topological polar surface area (TPSA) is 49.9 Å². The summed E-state index contributed by atoms with van der Waals surface area (Å²) in [7, 11) is 1.66. The molecule has 1 unspecified atom stereocenters. The van der Waals surface area contributed by atoms with Crippen LogP contribution in [-0.2, 0) is 22.4 Å². The lowest BCUT2D eigenvalue weighted by molar-refractivity contribution is -0.134. The number of carbonyl (C=O) groups excluding carboxylic acids is 2. The van der Waals surface area contributed by atoms with Crippen LogP contribution in [0.2, 0.25) is 0 Å². The molecule has 0 aliphatic carbocycles. The van der Waals surface area contributed by atoms with Gasteiger partial charge in [-0.1, -0.05) is 68.7 Å². The van der Waals surface area contributed by atoms with Crippen LogP contribution >= 0.6 is 11.3 Å². The fourth-order valence-corrected chi connectivity index (χ4v) is 6.14. The van der Waals surface area contributed by atoms with E-state index in [1.54, 1.807) is 23.3 Å². The van der Waals surface area contributed by atoms with Crippen molar-refractivity contribution in [2.45, 2.75) is 57.9 Å². The van der Waals surface area contributed by atoms with Crippen LogP contribution in [0.5, 0.6) is 0 Å². The smallest absolute Gasteiger partial charge is 0.254 e. The van der Waals surface area contributed by atoms with Gasteiger partial charge in [0.2, 0.25) is 5.91 Å². The number of fused-ring (bicyclic) bond motifs is 1. The standard InChI is InChI=1S/C32H40N2O3S/c1-3-4-5-7-11-25-14-16-27(17-15-25)32(36)33(20-10-22-37-2)24-30(35)34-21-18-29-28(19-23-38-29)31(34)26-12-8-6-9-13-26/h6,8-9,12-17,19,23,31H,3-5,7,10-11,18,20-22,24H2,1-2H3. The van der Waals surface area contributed by atoms with Crippen molar-refractivity contribution in [3.8, 4) is 0 Å². The third-order valence-corrected chi connectivity index (χ3v) is 8.31. The van der Waals surface area contributed by atoms with Crippen LogP contribution in [0.15, 0.2) is 66.0 Å². The lowest BCUT2D eigenvalue weighted by Crippen LogP contribution is -2.47. The molecule has 2 heterocycles. The Labute approximate surface area is 231 Å². The van der Waals surface area contributed by atoms with Crippen molar-refractivity contribution in [3.63, 3.8) is 0 Å². The highest BCUT2D eigenvalue weighted by Crippen LogP contribution is 2.37. The minimum absolute atomic E-state index is 0.0194. The van der Waals surface area contributed by atoms with Crippen molar-refractivity contribution >= 4 is 23.2 Å². The Balaban J connectivity index is 1.49. The van der Waals surface area contributed by atoms with Gasteiger partial charge in [0.25, 0.3) is 5.91 Å². The molecule has 0 fully saturated rings. The van der Waals surface area contributed by atoms with Gasteiger partial charge in [0.05, 0.1) is 6.04 Å². The van der Waals surface area contributed by atoms with Crippen LogP contribution in [0, 0.1) is 0 Å². The third-order valence-electron chi connectivity index (χ3n) is 7.31. The van der Waals surface area contributed by atoms with E-state index in [0.717, 1.165) is 18.4 Å². The normalized spacial score (nSPS) is 14.8. The fourth-order valence-electron chi connectivity index (χ4n) is 5.24. The number of benzene rings is 2. The SMILES string of the molecule is CCCCCCc1ccc(C(=O)N(CCCOC)CC(=O)N2CCc3sccc3C2c2ccccc2)cc1. The number of nitrogens with zero attached hydrogens (tertiary/aromatic N) is 2. The average Bonchev–Trinajstić information content (AvgIpc) is 3.44. The van der Waals surface area contributed by atoms with E-state index in [4.69, 9.17) is 4.74 Å². The van der Waals surface area contributed by atoms with Gasteiger partial charge in [-0.25, -0.2) is 0 Å². The van der Waals surface area contributed by atoms with Crippen LogP contribution in [-0.4, -0.2) is 55.0 Å². The van der Waals surface area contributed by atoms with Crippen LogP contribution in [0.4, 0.5) is 0 Å². The Morgan fingerprint density at radius 3 is 2.53 bits per heavy atom. The number of amides is 2. The second kappa shape index (κ2) is 14.3. The number of rotatable bonds is 13. The summed E-state index contributed by atoms with van der Waals surface area (Å²) in [5.41, 5.74) is 4.19. The molecular weight excluding hydrogens is 492 g/mol. The maximum atomic E-state index is 13.8. The van der Waals surface area contributed by atoms with Crippen molar-refractivity contribution in [2.75, 3.05) is 33.4 Å². The highest BCUT2D eigenvalue weighted by molar-refractivity contribution is 7.10. The molecule has 0 radical (unpaired) electrons. The van der Waals surface area contributed by atoms with Crippen molar-refractivity contribution in [3.05, 3.63) is 93.2 Å². The van der Waals surface area contributed by atoms with Gasteiger partial charge in [-0.3, -0.25) is 9.59 Å². The van der Waals surface area contributed by atoms with Crippen molar-refractivity contribution in [2.24, 2.45) is 0 Å². The molecule has 0 saturated heterocycles. The van der Waals surface area contributed by atoms with Crippen molar-refractivity contribution in [1.29, 1.82) is 0 Å². The number of thiophene rings is 1.